The zero-order valence-electron chi connectivity index (χ0n) is 8.71. The molecule has 15 heavy (non-hydrogen) atoms. The highest BCUT2D eigenvalue weighted by Gasteiger charge is 2.04. The lowest BCUT2D eigenvalue weighted by molar-refractivity contribution is 0.694. The summed E-state index contributed by atoms with van der Waals surface area (Å²) in [4.78, 5) is 25.3. The third-order valence-corrected chi connectivity index (χ3v) is 2.36. The second-order valence-electron chi connectivity index (χ2n) is 3.57. The molecule has 5 nitrogen and oxygen atoms in total. The molecule has 0 radical (unpaired) electrons. The molecule has 0 aliphatic rings. The van der Waals surface area contributed by atoms with Crippen LogP contribution in [0.1, 0.15) is 32.0 Å². The van der Waals surface area contributed by atoms with E-state index in [-0.39, 0.29) is 5.56 Å². The van der Waals surface area contributed by atoms with Crippen molar-refractivity contribution in [3.05, 3.63) is 22.5 Å². The van der Waals surface area contributed by atoms with Gasteiger partial charge < -0.3 is 9.97 Å². The van der Waals surface area contributed by atoms with Crippen molar-refractivity contribution in [1.29, 1.82) is 0 Å². The molecule has 0 spiro atoms. The predicted molar refractivity (Wildman–Crippen MR) is 57.7 cm³/mol. The fourth-order valence-electron chi connectivity index (χ4n) is 1.55. The van der Waals surface area contributed by atoms with E-state index in [0.717, 1.165) is 31.5 Å². The summed E-state index contributed by atoms with van der Waals surface area (Å²) in [5.74, 6) is 0.730. The van der Waals surface area contributed by atoms with Crippen molar-refractivity contribution >= 4 is 11.2 Å². The Labute approximate surface area is 87.0 Å². The van der Waals surface area contributed by atoms with Gasteiger partial charge >= 0.3 is 0 Å². The Morgan fingerprint density at radius 1 is 1.40 bits per heavy atom. The normalized spacial score (nSPS) is 11.0. The van der Waals surface area contributed by atoms with Gasteiger partial charge in [-0.3, -0.25) is 4.79 Å². The first-order valence-electron chi connectivity index (χ1n) is 5.23. The van der Waals surface area contributed by atoms with Crippen LogP contribution in [0.3, 0.4) is 0 Å². The van der Waals surface area contributed by atoms with Crippen LogP contribution in [0, 0.1) is 0 Å². The molecule has 0 saturated carbocycles. The number of aromatic nitrogens is 4. The summed E-state index contributed by atoms with van der Waals surface area (Å²) in [6.45, 7) is 2.15. The van der Waals surface area contributed by atoms with E-state index < -0.39 is 0 Å². The molecule has 0 unspecified atom stereocenters. The molecule has 0 saturated heterocycles. The molecule has 0 amide bonds. The van der Waals surface area contributed by atoms with E-state index in [1.54, 1.807) is 0 Å². The van der Waals surface area contributed by atoms with Crippen molar-refractivity contribution in [2.45, 2.75) is 32.6 Å². The van der Waals surface area contributed by atoms with Gasteiger partial charge in [0.05, 0.1) is 6.33 Å². The van der Waals surface area contributed by atoms with Crippen molar-refractivity contribution in [3.63, 3.8) is 0 Å². The van der Waals surface area contributed by atoms with Crippen LogP contribution in [-0.4, -0.2) is 19.9 Å². The minimum absolute atomic E-state index is 0.135. The molecule has 0 fully saturated rings. The van der Waals surface area contributed by atoms with E-state index in [0.29, 0.717) is 11.2 Å². The Morgan fingerprint density at radius 3 is 3.07 bits per heavy atom. The number of aromatic amines is 2. The maximum atomic E-state index is 11.5. The lowest BCUT2D eigenvalue weighted by atomic mass is 10.2. The molecule has 5 heteroatoms. The van der Waals surface area contributed by atoms with E-state index in [2.05, 4.69) is 26.9 Å². The molecule has 2 N–H and O–H groups in total. The minimum atomic E-state index is -0.135. The number of hydrogen-bond donors (Lipinski definition) is 2. The summed E-state index contributed by atoms with van der Waals surface area (Å²) < 4.78 is 0. The van der Waals surface area contributed by atoms with Crippen molar-refractivity contribution < 1.29 is 0 Å². The van der Waals surface area contributed by atoms with E-state index in [9.17, 15) is 4.79 Å². The molecule has 0 bridgehead atoms. The average Bonchev–Trinajstić information content (AvgIpc) is 2.66. The SMILES string of the molecule is CCCCCc1nc2nc[nH]c2c(=O)[nH]1. The van der Waals surface area contributed by atoms with Crippen molar-refractivity contribution in [1.82, 2.24) is 19.9 Å². The van der Waals surface area contributed by atoms with Gasteiger partial charge in [-0.05, 0) is 6.42 Å². The Kier molecular flexibility index (Phi) is 2.80. The molecular formula is C10H14N4O. The second kappa shape index (κ2) is 4.25. The predicted octanol–water partition coefficient (Wildman–Crippen LogP) is 1.38. The van der Waals surface area contributed by atoms with Crippen molar-refractivity contribution in [2.75, 3.05) is 0 Å². The van der Waals surface area contributed by atoms with Crippen LogP contribution in [0.25, 0.3) is 11.2 Å². The highest BCUT2D eigenvalue weighted by molar-refractivity contribution is 5.67. The summed E-state index contributed by atoms with van der Waals surface area (Å²) in [7, 11) is 0. The first-order chi connectivity index (χ1) is 7.31. The fourth-order valence-corrected chi connectivity index (χ4v) is 1.55. The Balaban J connectivity index is 2.25. The molecule has 0 aromatic carbocycles. The fraction of sp³-hybridized carbons (Fsp3) is 0.500. The van der Waals surface area contributed by atoms with Crippen LogP contribution in [-0.2, 0) is 6.42 Å². The number of hydrogen-bond acceptors (Lipinski definition) is 3. The Hall–Kier alpha value is -1.65. The smallest absolute Gasteiger partial charge is 0.276 e. The van der Waals surface area contributed by atoms with E-state index in [4.69, 9.17) is 0 Å². The highest BCUT2D eigenvalue weighted by atomic mass is 16.1. The third-order valence-electron chi connectivity index (χ3n) is 2.36. The van der Waals surface area contributed by atoms with Gasteiger partial charge in [0.25, 0.3) is 5.56 Å². The van der Waals surface area contributed by atoms with Gasteiger partial charge in [0.2, 0.25) is 0 Å². The second-order valence-corrected chi connectivity index (χ2v) is 3.57. The Bertz CT molecular complexity index is 499. The van der Waals surface area contributed by atoms with Crippen LogP contribution < -0.4 is 5.56 Å². The lowest BCUT2D eigenvalue weighted by Gasteiger charge is -1.98. The zero-order valence-corrected chi connectivity index (χ0v) is 8.71. The van der Waals surface area contributed by atoms with Crippen LogP contribution in [0.15, 0.2) is 11.1 Å². The Morgan fingerprint density at radius 2 is 2.27 bits per heavy atom. The van der Waals surface area contributed by atoms with Gasteiger partial charge in [0.1, 0.15) is 5.82 Å². The first-order valence-corrected chi connectivity index (χ1v) is 5.23. The quantitative estimate of drug-likeness (QED) is 0.742. The number of nitrogens with zero attached hydrogens (tertiary/aromatic N) is 2. The van der Waals surface area contributed by atoms with Crippen LogP contribution in [0.2, 0.25) is 0 Å². The number of rotatable bonds is 4. The van der Waals surface area contributed by atoms with Gasteiger partial charge in [0, 0.05) is 6.42 Å². The number of aryl methyl sites for hydroxylation is 1. The summed E-state index contributed by atoms with van der Waals surface area (Å²) in [6, 6.07) is 0. The molecule has 2 aromatic rings. The summed E-state index contributed by atoms with van der Waals surface area (Å²) in [5, 5.41) is 0. The van der Waals surface area contributed by atoms with Crippen molar-refractivity contribution in [3.8, 4) is 0 Å². The topological polar surface area (TPSA) is 74.4 Å². The monoisotopic (exact) mass is 206 g/mol. The zero-order chi connectivity index (χ0) is 10.7. The maximum absolute atomic E-state index is 11.5. The van der Waals surface area contributed by atoms with Crippen LogP contribution in [0.4, 0.5) is 0 Å². The summed E-state index contributed by atoms with van der Waals surface area (Å²) >= 11 is 0. The molecule has 2 aromatic heterocycles. The number of unbranched alkanes of at least 4 members (excludes halogenated alkanes) is 2. The summed E-state index contributed by atoms with van der Waals surface area (Å²) in [6.07, 6.45) is 5.67. The molecular weight excluding hydrogens is 192 g/mol. The van der Waals surface area contributed by atoms with Crippen LogP contribution >= 0.6 is 0 Å². The van der Waals surface area contributed by atoms with Crippen LogP contribution in [0.5, 0.6) is 0 Å². The van der Waals surface area contributed by atoms with Gasteiger partial charge in [-0.25, -0.2) is 9.97 Å². The summed E-state index contributed by atoms with van der Waals surface area (Å²) in [5.41, 5.74) is 0.823. The molecule has 0 aliphatic carbocycles. The third kappa shape index (κ3) is 2.06. The molecule has 0 aliphatic heterocycles. The first kappa shape index (κ1) is 9.89. The number of fused-ring (bicyclic) bond motifs is 1. The van der Waals surface area contributed by atoms with Gasteiger partial charge in [-0.1, -0.05) is 19.8 Å². The maximum Gasteiger partial charge on any atom is 0.276 e. The minimum Gasteiger partial charge on any atom is -0.339 e. The van der Waals surface area contributed by atoms with Crippen molar-refractivity contribution in [2.24, 2.45) is 0 Å². The molecule has 2 heterocycles. The standard InChI is InChI=1S/C10H14N4O/c1-2-3-4-5-7-13-9-8(10(15)14-7)11-6-12-9/h6H,2-5H2,1H3,(H2,11,12,13,14,15). The van der Waals surface area contributed by atoms with E-state index in [1.165, 1.54) is 6.33 Å². The average molecular weight is 206 g/mol. The number of H-pyrrole nitrogens is 2. The molecule has 80 valence electrons. The molecule has 2 rings (SSSR count). The van der Waals surface area contributed by atoms with Gasteiger partial charge in [0.15, 0.2) is 11.2 Å². The highest BCUT2D eigenvalue weighted by Crippen LogP contribution is 2.03. The van der Waals surface area contributed by atoms with Gasteiger partial charge in [-0.15, -0.1) is 0 Å². The van der Waals surface area contributed by atoms with E-state index >= 15 is 0 Å². The lowest BCUT2D eigenvalue weighted by Crippen LogP contribution is -2.11. The largest absolute Gasteiger partial charge is 0.339 e. The van der Waals surface area contributed by atoms with Gasteiger partial charge in [-0.2, -0.15) is 0 Å². The number of nitrogens with one attached hydrogen (secondary N) is 2. The molecule has 0 atom stereocenters. The van der Waals surface area contributed by atoms with E-state index in [1.807, 2.05) is 0 Å². The number of imidazole rings is 1.